The molecular weight excluding hydrogens is 322 g/mol. The second kappa shape index (κ2) is 7.97. The zero-order valence-electron chi connectivity index (χ0n) is 13.9. The number of benzene rings is 1. The van der Waals surface area contributed by atoms with Gasteiger partial charge in [-0.1, -0.05) is 13.8 Å². The maximum Gasteiger partial charge on any atom is 0.326 e. The van der Waals surface area contributed by atoms with E-state index in [-0.39, 0.29) is 17.9 Å². The second-order valence-electron chi connectivity index (χ2n) is 5.94. The Morgan fingerprint density at radius 1 is 1.44 bits per heavy atom. The van der Waals surface area contributed by atoms with E-state index < -0.39 is 17.9 Å². The number of H-pyrrole nitrogens is 1. The third kappa shape index (κ3) is 4.81. The first kappa shape index (κ1) is 18.0. The Kier molecular flexibility index (Phi) is 5.74. The summed E-state index contributed by atoms with van der Waals surface area (Å²) >= 11 is 0. The summed E-state index contributed by atoms with van der Waals surface area (Å²) in [6, 6.07) is 6.07. The first-order chi connectivity index (χ1) is 11.9. The van der Waals surface area contributed by atoms with Crippen molar-refractivity contribution in [2.75, 3.05) is 5.32 Å². The number of nitrogens with zero attached hydrogens (tertiary/aromatic N) is 2. The molecule has 0 spiro atoms. The van der Waals surface area contributed by atoms with Crippen LogP contribution >= 0.6 is 0 Å². The number of hydrogen-bond acceptors (Lipinski definition) is 5. The monoisotopic (exact) mass is 341 g/mol. The lowest BCUT2D eigenvalue weighted by atomic mass is 10.0. The van der Waals surface area contributed by atoms with Gasteiger partial charge in [-0.3, -0.25) is 4.79 Å². The van der Waals surface area contributed by atoms with Gasteiger partial charge in [-0.05, 0) is 30.5 Å². The van der Waals surface area contributed by atoms with E-state index in [1.807, 2.05) is 13.8 Å². The number of imidazole rings is 1. The average Bonchev–Trinajstić information content (AvgIpc) is 3.02. The summed E-state index contributed by atoms with van der Waals surface area (Å²) in [6.07, 6.45) is 3.10. The third-order valence-electron chi connectivity index (χ3n) is 3.48. The topological polar surface area (TPSA) is 131 Å². The van der Waals surface area contributed by atoms with Crippen LogP contribution in [0.4, 0.5) is 5.69 Å². The van der Waals surface area contributed by atoms with Crippen LogP contribution in [-0.2, 0) is 9.59 Å². The van der Waals surface area contributed by atoms with E-state index in [9.17, 15) is 14.7 Å². The van der Waals surface area contributed by atoms with Crippen LogP contribution in [0.3, 0.4) is 0 Å². The fraction of sp³-hybridized carbons (Fsp3) is 0.294. The fourth-order valence-electron chi connectivity index (χ4n) is 2.26. The number of nitriles is 1. The molecule has 1 aromatic heterocycles. The number of aromatic amines is 1. The number of carboxylic acid groups (broad SMARTS) is 1. The molecule has 2 rings (SSSR count). The molecule has 1 unspecified atom stereocenters. The molecule has 8 nitrogen and oxygen atoms in total. The van der Waals surface area contributed by atoms with Crippen molar-refractivity contribution in [2.45, 2.75) is 26.3 Å². The zero-order valence-corrected chi connectivity index (χ0v) is 13.9. The summed E-state index contributed by atoms with van der Waals surface area (Å²) < 4.78 is 0. The minimum Gasteiger partial charge on any atom is -0.480 e. The number of aromatic nitrogens is 2. The van der Waals surface area contributed by atoms with Crippen LogP contribution in [-0.4, -0.2) is 33.0 Å². The lowest BCUT2D eigenvalue weighted by Crippen LogP contribution is -2.42. The molecule has 1 amide bonds. The lowest BCUT2D eigenvalue weighted by Gasteiger charge is -2.16. The Bertz CT molecular complexity index is 847. The number of fused-ring (bicyclic) bond motifs is 1. The molecule has 0 aliphatic heterocycles. The standard InChI is InChI=1S/C17H19N5O3/c1-10(2)5-15(17(24)25)22-16(23)11(7-18)8-19-12-3-4-13-14(6-12)21-9-20-13/h3-4,6,8-10,15,19H,5H2,1-2H3,(H,20,21)(H,22,23)(H,24,25)/b11-8-. The molecule has 0 aliphatic carbocycles. The Balaban J connectivity index is 2.08. The SMILES string of the molecule is CC(C)CC(NC(=O)/C(C#N)=C\Nc1ccc2nc[nH]c2c1)C(=O)O. The first-order valence-corrected chi connectivity index (χ1v) is 7.74. The Morgan fingerprint density at radius 3 is 2.84 bits per heavy atom. The molecule has 1 aromatic carbocycles. The van der Waals surface area contributed by atoms with Gasteiger partial charge in [-0.2, -0.15) is 5.26 Å². The maximum absolute atomic E-state index is 12.1. The van der Waals surface area contributed by atoms with Gasteiger partial charge in [0.2, 0.25) is 0 Å². The number of carbonyl (C=O) groups excluding carboxylic acids is 1. The highest BCUT2D eigenvalue weighted by atomic mass is 16.4. The highest BCUT2D eigenvalue weighted by Gasteiger charge is 2.22. The smallest absolute Gasteiger partial charge is 0.326 e. The zero-order chi connectivity index (χ0) is 18.4. The van der Waals surface area contributed by atoms with E-state index in [1.165, 1.54) is 6.20 Å². The predicted molar refractivity (Wildman–Crippen MR) is 92.4 cm³/mol. The van der Waals surface area contributed by atoms with Gasteiger partial charge >= 0.3 is 5.97 Å². The molecule has 8 heteroatoms. The van der Waals surface area contributed by atoms with E-state index in [0.29, 0.717) is 5.69 Å². The number of aliphatic carboxylic acids is 1. The summed E-state index contributed by atoms with van der Waals surface area (Å²) in [5.74, 6) is -1.77. The third-order valence-corrected chi connectivity index (χ3v) is 3.48. The molecule has 4 N–H and O–H groups in total. The van der Waals surface area contributed by atoms with E-state index in [2.05, 4.69) is 20.6 Å². The van der Waals surface area contributed by atoms with Crippen LogP contribution in [0.1, 0.15) is 20.3 Å². The highest BCUT2D eigenvalue weighted by Crippen LogP contribution is 2.16. The largest absolute Gasteiger partial charge is 0.480 e. The van der Waals surface area contributed by atoms with E-state index >= 15 is 0 Å². The molecule has 0 aliphatic rings. The van der Waals surface area contributed by atoms with Gasteiger partial charge in [0.15, 0.2) is 0 Å². The lowest BCUT2D eigenvalue weighted by molar-refractivity contribution is -0.141. The predicted octanol–water partition coefficient (Wildman–Crippen LogP) is 2.00. The Labute approximate surface area is 144 Å². The van der Waals surface area contributed by atoms with Gasteiger partial charge in [0, 0.05) is 11.9 Å². The second-order valence-corrected chi connectivity index (χ2v) is 5.94. The summed E-state index contributed by atoms with van der Waals surface area (Å²) in [7, 11) is 0. The van der Waals surface area contributed by atoms with Gasteiger partial charge in [0.1, 0.15) is 17.7 Å². The minimum absolute atomic E-state index is 0.0928. The molecule has 0 fully saturated rings. The van der Waals surface area contributed by atoms with Gasteiger partial charge < -0.3 is 20.7 Å². The van der Waals surface area contributed by atoms with Crippen LogP contribution in [0.2, 0.25) is 0 Å². The normalized spacial score (nSPS) is 12.6. The van der Waals surface area contributed by atoms with E-state index in [4.69, 9.17) is 5.26 Å². The number of anilines is 1. The van der Waals surface area contributed by atoms with Gasteiger partial charge in [0.25, 0.3) is 5.91 Å². The highest BCUT2D eigenvalue weighted by molar-refractivity contribution is 5.99. The molecule has 130 valence electrons. The van der Waals surface area contributed by atoms with Crippen molar-refractivity contribution in [1.82, 2.24) is 15.3 Å². The van der Waals surface area contributed by atoms with Crippen molar-refractivity contribution >= 4 is 28.6 Å². The molecule has 0 radical (unpaired) electrons. The van der Waals surface area contributed by atoms with Crippen molar-refractivity contribution in [1.29, 1.82) is 5.26 Å². The van der Waals surface area contributed by atoms with Crippen LogP contribution in [0.25, 0.3) is 11.0 Å². The van der Waals surface area contributed by atoms with Crippen LogP contribution < -0.4 is 10.6 Å². The summed E-state index contributed by atoms with van der Waals surface area (Å²) in [6.45, 7) is 3.71. The molecular formula is C17H19N5O3. The quantitative estimate of drug-likeness (QED) is 0.450. The van der Waals surface area contributed by atoms with Crippen LogP contribution in [0.15, 0.2) is 36.3 Å². The van der Waals surface area contributed by atoms with Crippen molar-refractivity contribution < 1.29 is 14.7 Å². The molecule has 0 saturated heterocycles. The van der Waals surface area contributed by atoms with Gasteiger partial charge in [-0.15, -0.1) is 0 Å². The Hall–Kier alpha value is -3.34. The maximum atomic E-state index is 12.1. The Morgan fingerprint density at radius 2 is 2.20 bits per heavy atom. The molecule has 1 atom stereocenters. The van der Waals surface area contributed by atoms with Crippen molar-refractivity contribution in [3.05, 3.63) is 36.3 Å². The molecule has 1 heterocycles. The molecule has 0 saturated carbocycles. The fourth-order valence-corrected chi connectivity index (χ4v) is 2.26. The first-order valence-electron chi connectivity index (χ1n) is 7.74. The number of carbonyl (C=O) groups is 2. The van der Waals surface area contributed by atoms with Crippen LogP contribution in [0, 0.1) is 17.2 Å². The van der Waals surface area contributed by atoms with Crippen molar-refractivity contribution in [2.24, 2.45) is 5.92 Å². The number of rotatable bonds is 7. The number of amides is 1. The minimum atomic E-state index is -1.13. The number of carboxylic acids is 1. The summed E-state index contributed by atoms with van der Waals surface area (Å²) in [5.41, 5.74) is 2.06. The van der Waals surface area contributed by atoms with Gasteiger partial charge in [-0.25, -0.2) is 9.78 Å². The molecule has 25 heavy (non-hydrogen) atoms. The average molecular weight is 341 g/mol. The summed E-state index contributed by atoms with van der Waals surface area (Å²) in [4.78, 5) is 30.4. The van der Waals surface area contributed by atoms with E-state index in [0.717, 1.165) is 11.0 Å². The summed E-state index contributed by atoms with van der Waals surface area (Å²) in [5, 5.41) is 23.6. The molecule has 0 bridgehead atoms. The van der Waals surface area contributed by atoms with Crippen LogP contribution in [0.5, 0.6) is 0 Å². The molecule has 2 aromatic rings. The van der Waals surface area contributed by atoms with Gasteiger partial charge in [0.05, 0.1) is 17.4 Å². The number of nitrogens with one attached hydrogen (secondary N) is 3. The number of hydrogen-bond donors (Lipinski definition) is 4. The van der Waals surface area contributed by atoms with E-state index in [1.54, 1.807) is 30.6 Å². The van der Waals surface area contributed by atoms with Crippen molar-refractivity contribution in [3.63, 3.8) is 0 Å². The van der Waals surface area contributed by atoms with Crippen molar-refractivity contribution in [3.8, 4) is 6.07 Å².